The van der Waals surface area contributed by atoms with Crippen LogP contribution in [0.3, 0.4) is 0 Å². The van der Waals surface area contributed by atoms with Crippen molar-refractivity contribution >= 4 is 11.6 Å². The molecule has 2 N–H and O–H groups in total. The van der Waals surface area contributed by atoms with Crippen LogP contribution in [0.15, 0.2) is 18.2 Å². The van der Waals surface area contributed by atoms with Crippen molar-refractivity contribution in [2.24, 2.45) is 0 Å². The first-order chi connectivity index (χ1) is 7.61. The molecule has 0 heterocycles. The lowest BCUT2D eigenvalue weighted by molar-refractivity contribution is 0.0809. The van der Waals surface area contributed by atoms with Gasteiger partial charge in [0.15, 0.2) is 5.75 Å². The summed E-state index contributed by atoms with van der Waals surface area (Å²) in [5.41, 5.74) is 6.56. The molecule has 0 radical (unpaired) electrons. The van der Waals surface area contributed by atoms with Crippen molar-refractivity contribution in [1.82, 2.24) is 4.90 Å². The van der Waals surface area contributed by atoms with E-state index in [1.54, 1.807) is 25.2 Å². The number of para-hydroxylation sites is 1. The summed E-state index contributed by atoms with van der Waals surface area (Å²) >= 11 is 0. The summed E-state index contributed by atoms with van der Waals surface area (Å²) in [6.45, 7) is 0.247. The van der Waals surface area contributed by atoms with E-state index in [0.717, 1.165) is 0 Å². The number of hydrogen-bond donors (Lipinski definition) is 1. The van der Waals surface area contributed by atoms with E-state index in [-0.39, 0.29) is 12.5 Å². The Balaban J connectivity index is 3.09. The normalized spacial score (nSPS) is 9.31. The van der Waals surface area contributed by atoms with Crippen LogP contribution in [0.2, 0.25) is 0 Å². The van der Waals surface area contributed by atoms with E-state index < -0.39 is 0 Å². The smallest absolute Gasteiger partial charge is 0.258 e. The van der Waals surface area contributed by atoms with E-state index in [1.165, 1.54) is 12.0 Å². The van der Waals surface area contributed by atoms with Crippen molar-refractivity contribution in [3.8, 4) is 18.1 Å². The monoisotopic (exact) mass is 218 g/mol. The predicted octanol–water partition coefficient (Wildman–Crippen LogP) is 0.983. The lowest BCUT2D eigenvalue weighted by Gasteiger charge is -2.16. The molecular weight excluding hydrogens is 204 g/mol. The maximum absolute atomic E-state index is 12.0. The number of anilines is 1. The van der Waals surface area contributed by atoms with Crippen LogP contribution in [-0.4, -0.2) is 31.5 Å². The number of terminal acetylenes is 1. The molecule has 0 atom stereocenters. The Bertz CT molecular complexity index is 435. The second kappa shape index (κ2) is 5.08. The van der Waals surface area contributed by atoms with Crippen LogP contribution in [-0.2, 0) is 0 Å². The highest BCUT2D eigenvalue weighted by Crippen LogP contribution is 2.26. The Morgan fingerprint density at radius 3 is 2.88 bits per heavy atom. The zero-order chi connectivity index (χ0) is 12.1. The molecule has 0 aliphatic heterocycles. The molecule has 0 bridgehead atoms. The molecule has 4 nitrogen and oxygen atoms in total. The van der Waals surface area contributed by atoms with Gasteiger partial charge in [0.1, 0.15) is 0 Å². The van der Waals surface area contributed by atoms with Gasteiger partial charge in [0.25, 0.3) is 5.91 Å². The molecule has 16 heavy (non-hydrogen) atoms. The van der Waals surface area contributed by atoms with Gasteiger partial charge < -0.3 is 15.4 Å². The third kappa shape index (κ3) is 2.26. The van der Waals surface area contributed by atoms with Gasteiger partial charge in [0.05, 0.1) is 24.9 Å². The number of nitrogens with zero attached hydrogens (tertiary/aromatic N) is 1. The summed E-state index contributed by atoms with van der Waals surface area (Å²) in [6, 6.07) is 5.04. The number of ether oxygens (including phenoxy) is 1. The van der Waals surface area contributed by atoms with Gasteiger partial charge in [-0.3, -0.25) is 4.79 Å². The van der Waals surface area contributed by atoms with Crippen molar-refractivity contribution < 1.29 is 9.53 Å². The van der Waals surface area contributed by atoms with Crippen LogP contribution < -0.4 is 10.5 Å². The largest absolute Gasteiger partial charge is 0.494 e. The van der Waals surface area contributed by atoms with Crippen molar-refractivity contribution in [1.29, 1.82) is 0 Å². The molecule has 1 rings (SSSR count). The minimum atomic E-state index is -0.206. The van der Waals surface area contributed by atoms with Crippen LogP contribution in [0.5, 0.6) is 5.75 Å². The highest BCUT2D eigenvalue weighted by atomic mass is 16.5. The Labute approximate surface area is 95.0 Å². The molecule has 0 unspecified atom stereocenters. The Morgan fingerprint density at radius 1 is 1.62 bits per heavy atom. The molecule has 0 fully saturated rings. The molecule has 0 aliphatic carbocycles. The minimum absolute atomic E-state index is 0.206. The Morgan fingerprint density at radius 2 is 2.31 bits per heavy atom. The molecule has 1 amide bonds. The number of nitrogens with two attached hydrogens (primary N) is 1. The molecule has 1 aromatic carbocycles. The lowest BCUT2D eigenvalue weighted by Crippen LogP contribution is -2.27. The number of amides is 1. The summed E-state index contributed by atoms with van der Waals surface area (Å²) in [4.78, 5) is 13.4. The number of methoxy groups -OCH3 is 1. The van der Waals surface area contributed by atoms with E-state index in [9.17, 15) is 4.79 Å². The third-order valence-electron chi connectivity index (χ3n) is 2.16. The van der Waals surface area contributed by atoms with Gasteiger partial charge in [-0.25, -0.2) is 0 Å². The van der Waals surface area contributed by atoms with E-state index in [1.807, 2.05) is 0 Å². The van der Waals surface area contributed by atoms with Gasteiger partial charge in [-0.05, 0) is 12.1 Å². The highest BCUT2D eigenvalue weighted by Gasteiger charge is 2.17. The molecule has 0 spiro atoms. The average Bonchev–Trinajstić information content (AvgIpc) is 2.28. The molecule has 0 saturated heterocycles. The maximum Gasteiger partial charge on any atom is 0.258 e. The maximum atomic E-state index is 12.0. The second-order valence-corrected chi connectivity index (χ2v) is 3.29. The zero-order valence-electron chi connectivity index (χ0n) is 9.36. The SMILES string of the molecule is C#CCN(C)C(=O)c1cccc(N)c1OC. The molecular formula is C12H14N2O2. The standard InChI is InChI=1S/C12H14N2O2/c1-4-8-14(2)12(15)9-6-5-7-10(13)11(9)16-3/h1,5-7H,8,13H2,2-3H3. The molecule has 4 heteroatoms. The van der Waals surface area contributed by atoms with Gasteiger partial charge in [-0.1, -0.05) is 12.0 Å². The van der Waals surface area contributed by atoms with Gasteiger partial charge in [0, 0.05) is 7.05 Å². The second-order valence-electron chi connectivity index (χ2n) is 3.29. The molecule has 84 valence electrons. The average molecular weight is 218 g/mol. The minimum Gasteiger partial charge on any atom is -0.494 e. The fraction of sp³-hybridized carbons (Fsp3) is 0.250. The van der Waals surface area contributed by atoms with E-state index in [2.05, 4.69) is 5.92 Å². The van der Waals surface area contributed by atoms with Crippen molar-refractivity contribution in [3.63, 3.8) is 0 Å². The van der Waals surface area contributed by atoms with Crippen LogP contribution in [0.1, 0.15) is 10.4 Å². The van der Waals surface area contributed by atoms with Crippen molar-refractivity contribution in [3.05, 3.63) is 23.8 Å². The number of hydrogen-bond acceptors (Lipinski definition) is 3. The first-order valence-electron chi connectivity index (χ1n) is 4.73. The zero-order valence-corrected chi connectivity index (χ0v) is 9.36. The Hall–Kier alpha value is -2.15. The van der Waals surface area contributed by atoms with Gasteiger partial charge in [-0.15, -0.1) is 6.42 Å². The van der Waals surface area contributed by atoms with Gasteiger partial charge >= 0.3 is 0 Å². The summed E-state index contributed by atoms with van der Waals surface area (Å²) in [7, 11) is 3.11. The summed E-state index contributed by atoms with van der Waals surface area (Å²) in [6.07, 6.45) is 5.15. The topological polar surface area (TPSA) is 55.6 Å². The van der Waals surface area contributed by atoms with E-state index in [4.69, 9.17) is 16.9 Å². The fourth-order valence-corrected chi connectivity index (χ4v) is 1.37. The molecule has 0 aliphatic rings. The van der Waals surface area contributed by atoms with Crippen LogP contribution >= 0.6 is 0 Å². The van der Waals surface area contributed by atoms with E-state index in [0.29, 0.717) is 17.0 Å². The quantitative estimate of drug-likeness (QED) is 0.608. The third-order valence-corrected chi connectivity index (χ3v) is 2.16. The summed E-state index contributed by atoms with van der Waals surface area (Å²) < 4.78 is 5.10. The van der Waals surface area contributed by atoms with Gasteiger partial charge in [0.2, 0.25) is 0 Å². The van der Waals surface area contributed by atoms with Crippen LogP contribution in [0.25, 0.3) is 0 Å². The lowest BCUT2D eigenvalue weighted by atomic mass is 10.1. The van der Waals surface area contributed by atoms with Crippen LogP contribution in [0, 0.1) is 12.3 Å². The molecule has 1 aromatic rings. The number of benzene rings is 1. The highest BCUT2D eigenvalue weighted by molar-refractivity contribution is 5.98. The van der Waals surface area contributed by atoms with Gasteiger partial charge in [-0.2, -0.15) is 0 Å². The molecule has 0 saturated carbocycles. The van der Waals surface area contributed by atoms with E-state index >= 15 is 0 Å². The number of carbonyl (C=O) groups is 1. The fourth-order valence-electron chi connectivity index (χ4n) is 1.37. The number of carbonyl (C=O) groups excluding carboxylic acids is 1. The molecule has 0 aromatic heterocycles. The van der Waals surface area contributed by atoms with Crippen LogP contribution in [0.4, 0.5) is 5.69 Å². The van der Waals surface area contributed by atoms with Crippen molar-refractivity contribution in [2.45, 2.75) is 0 Å². The van der Waals surface area contributed by atoms with Crippen molar-refractivity contribution in [2.75, 3.05) is 26.4 Å². The first-order valence-corrected chi connectivity index (χ1v) is 4.73. The number of rotatable bonds is 3. The summed E-state index contributed by atoms with van der Waals surface area (Å²) in [5, 5.41) is 0. The predicted molar refractivity (Wildman–Crippen MR) is 63.2 cm³/mol. The summed E-state index contributed by atoms with van der Waals surface area (Å²) in [5.74, 6) is 2.58. The Kier molecular flexibility index (Phi) is 3.78. The number of nitrogen functional groups attached to an aromatic ring is 1. The first kappa shape index (κ1) is 11.9.